The van der Waals surface area contributed by atoms with Gasteiger partial charge in [-0.05, 0) is 11.4 Å². The van der Waals surface area contributed by atoms with Crippen molar-refractivity contribution >= 4 is 47.2 Å². The number of hydrogen-bond acceptors (Lipinski definition) is 3. The van der Waals surface area contributed by atoms with Gasteiger partial charge in [-0.15, -0.1) is 35.3 Å². The zero-order chi connectivity index (χ0) is 14.1. The van der Waals surface area contributed by atoms with Crippen molar-refractivity contribution in [3.63, 3.8) is 0 Å². The first kappa shape index (κ1) is 19.2. The SMILES string of the molecule is CN=C(NCCNC(=O)C(C)C)NCc1cccs1.I. The van der Waals surface area contributed by atoms with Crippen molar-refractivity contribution in [1.29, 1.82) is 0 Å². The summed E-state index contributed by atoms with van der Waals surface area (Å²) in [6, 6.07) is 4.10. The molecule has 7 heteroatoms. The van der Waals surface area contributed by atoms with Crippen molar-refractivity contribution in [3.05, 3.63) is 22.4 Å². The van der Waals surface area contributed by atoms with Crippen LogP contribution in [0.2, 0.25) is 0 Å². The average Bonchev–Trinajstić information content (AvgIpc) is 2.90. The molecule has 0 saturated heterocycles. The van der Waals surface area contributed by atoms with Gasteiger partial charge in [0.25, 0.3) is 0 Å². The topological polar surface area (TPSA) is 65.5 Å². The van der Waals surface area contributed by atoms with Gasteiger partial charge in [-0.2, -0.15) is 0 Å². The van der Waals surface area contributed by atoms with Crippen LogP contribution in [0.25, 0.3) is 0 Å². The van der Waals surface area contributed by atoms with Crippen LogP contribution in [0.5, 0.6) is 0 Å². The summed E-state index contributed by atoms with van der Waals surface area (Å²) in [6.45, 7) is 5.77. The summed E-state index contributed by atoms with van der Waals surface area (Å²) in [7, 11) is 1.73. The molecule has 0 aliphatic carbocycles. The Hall–Kier alpha value is -0.830. The summed E-state index contributed by atoms with van der Waals surface area (Å²) in [4.78, 5) is 16.7. The van der Waals surface area contributed by atoms with Crippen molar-refractivity contribution in [2.24, 2.45) is 10.9 Å². The highest BCUT2D eigenvalue weighted by atomic mass is 127. The zero-order valence-electron chi connectivity index (χ0n) is 12.1. The number of nitrogens with one attached hydrogen (secondary N) is 3. The molecule has 0 atom stereocenters. The summed E-state index contributed by atoms with van der Waals surface area (Å²) in [6.07, 6.45) is 0. The smallest absolute Gasteiger partial charge is 0.222 e. The maximum Gasteiger partial charge on any atom is 0.222 e. The second-order valence-corrected chi connectivity index (χ2v) is 5.41. The molecule has 1 heterocycles. The van der Waals surface area contributed by atoms with Crippen molar-refractivity contribution in [2.75, 3.05) is 20.1 Å². The monoisotopic (exact) mass is 410 g/mol. The van der Waals surface area contributed by atoms with Gasteiger partial charge in [0, 0.05) is 30.9 Å². The number of rotatable bonds is 6. The van der Waals surface area contributed by atoms with E-state index in [-0.39, 0.29) is 35.8 Å². The zero-order valence-corrected chi connectivity index (χ0v) is 15.2. The number of halogens is 1. The van der Waals surface area contributed by atoms with Crippen LogP contribution in [0.15, 0.2) is 22.5 Å². The molecule has 0 spiro atoms. The minimum absolute atomic E-state index is 0. The molecule has 0 unspecified atom stereocenters. The van der Waals surface area contributed by atoms with Gasteiger partial charge >= 0.3 is 0 Å². The summed E-state index contributed by atoms with van der Waals surface area (Å²) in [5.41, 5.74) is 0. The van der Waals surface area contributed by atoms with E-state index in [0.29, 0.717) is 13.1 Å². The van der Waals surface area contributed by atoms with Gasteiger partial charge < -0.3 is 16.0 Å². The maximum atomic E-state index is 11.4. The number of nitrogens with zero attached hydrogens (tertiary/aromatic N) is 1. The molecule has 114 valence electrons. The predicted octanol–water partition coefficient (Wildman–Crippen LogP) is 1.80. The third kappa shape index (κ3) is 7.68. The van der Waals surface area contributed by atoms with Crippen LogP contribution >= 0.6 is 35.3 Å². The van der Waals surface area contributed by atoms with E-state index in [0.717, 1.165) is 12.5 Å². The fourth-order valence-electron chi connectivity index (χ4n) is 1.38. The Balaban J connectivity index is 0.00000361. The van der Waals surface area contributed by atoms with Gasteiger partial charge in [0.1, 0.15) is 0 Å². The van der Waals surface area contributed by atoms with Crippen LogP contribution in [-0.4, -0.2) is 32.0 Å². The van der Waals surface area contributed by atoms with E-state index < -0.39 is 0 Å². The molecule has 20 heavy (non-hydrogen) atoms. The Kier molecular flexibility index (Phi) is 10.4. The molecule has 0 saturated carbocycles. The largest absolute Gasteiger partial charge is 0.355 e. The van der Waals surface area contributed by atoms with Gasteiger partial charge in [0.05, 0.1) is 6.54 Å². The molecule has 1 aromatic rings. The summed E-state index contributed by atoms with van der Waals surface area (Å²) >= 11 is 1.71. The number of hydrogen-bond donors (Lipinski definition) is 3. The summed E-state index contributed by atoms with van der Waals surface area (Å²) in [5.74, 6) is 0.840. The van der Waals surface area contributed by atoms with Crippen LogP contribution in [0.4, 0.5) is 0 Å². The first-order valence-electron chi connectivity index (χ1n) is 6.38. The molecule has 0 radical (unpaired) electrons. The normalized spacial score (nSPS) is 10.9. The Morgan fingerprint density at radius 3 is 2.55 bits per heavy atom. The molecular formula is C13H23IN4OS. The maximum absolute atomic E-state index is 11.4. The number of aliphatic imine (C=N–C) groups is 1. The van der Waals surface area contributed by atoms with Crippen molar-refractivity contribution in [3.8, 4) is 0 Å². The molecule has 1 rings (SSSR count). The predicted molar refractivity (Wildman–Crippen MR) is 95.8 cm³/mol. The quantitative estimate of drug-likeness (QED) is 0.290. The van der Waals surface area contributed by atoms with Gasteiger partial charge in [0.15, 0.2) is 5.96 Å². The highest BCUT2D eigenvalue weighted by Gasteiger charge is 2.05. The lowest BCUT2D eigenvalue weighted by Crippen LogP contribution is -2.41. The molecule has 0 aromatic carbocycles. The molecule has 0 fully saturated rings. The van der Waals surface area contributed by atoms with E-state index in [1.807, 2.05) is 19.9 Å². The van der Waals surface area contributed by atoms with E-state index in [2.05, 4.69) is 32.4 Å². The lowest BCUT2D eigenvalue weighted by Gasteiger charge is -2.12. The molecule has 5 nitrogen and oxygen atoms in total. The fourth-order valence-corrected chi connectivity index (χ4v) is 2.02. The minimum atomic E-state index is 0. The van der Waals surface area contributed by atoms with Crippen LogP contribution < -0.4 is 16.0 Å². The standard InChI is InChI=1S/C13H22N4OS.HI/c1-10(2)12(18)15-6-7-16-13(14-3)17-9-11-5-4-8-19-11;/h4-5,8,10H,6-7,9H2,1-3H3,(H,15,18)(H2,14,16,17);1H. The average molecular weight is 410 g/mol. The minimum Gasteiger partial charge on any atom is -0.355 e. The molecule has 0 aliphatic heterocycles. The lowest BCUT2D eigenvalue weighted by atomic mass is 10.2. The Labute approximate surface area is 141 Å². The van der Waals surface area contributed by atoms with Gasteiger partial charge in [0.2, 0.25) is 5.91 Å². The molecule has 1 amide bonds. The van der Waals surface area contributed by atoms with E-state index in [1.165, 1.54) is 4.88 Å². The van der Waals surface area contributed by atoms with Crippen LogP contribution in [-0.2, 0) is 11.3 Å². The molecule has 1 aromatic heterocycles. The van der Waals surface area contributed by atoms with Gasteiger partial charge in [-0.25, -0.2) is 0 Å². The Morgan fingerprint density at radius 1 is 1.30 bits per heavy atom. The number of carbonyl (C=O) groups excluding carboxylic acids is 1. The second-order valence-electron chi connectivity index (χ2n) is 4.38. The molecule has 0 bridgehead atoms. The third-order valence-corrected chi connectivity index (χ3v) is 3.35. The van der Waals surface area contributed by atoms with Crippen LogP contribution in [0, 0.1) is 5.92 Å². The van der Waals surface area contributed by atoms with Crippen LogP contribution in [0.1, 0.15) is 18.7 Å². The highest BCUT2D eigenvalue weighted by Crippen LogP contribution is 2.06. The van der Waals surface area contributed by atoms with E-state index >= 15 is 0 Å². The van der Waals surface area contributed by atoms with Gasteiger partial charge in [-0.1, -0.05) is 19.9 Å². The summed E-state index contributed by atoms with van der Waals surface area (Å²) in [5, 5.41) is 11.3. The Morgan fingerprint density at radius 2 is 2.00 bits per heavy atom. The number of thiophene rings is 1. The van der Waals surface area contributed by atoms with Crippen molar-refractivity contribution in [2.45, 2.75) is 20.4 Å². The number of amides is 1. The summed E-state index contributed by atoms with van der Waals surface area (Å²) < 4.78 is 0. The first-order valence-corrected chi connectivity index (χ1v) is 7.26. The molecule has 3 N–H and O–H groups in total. The van der Waals surface area contributed by atoms with E-state index in [1.54, 1.807) is 18.4 Å². The fraction of sp³-hybridized carbons (Fsp3) is 0.538. The van der Waals surface area contributed by atoms with Crippen LogP contribution in [0.3, 0.4) is 0 Å². The van der Waals surface area contributed by atoms with Crippen molar-refractivity contribution < 1.29 is 4.79 Å². The third-order valence-electron chi connectivity index (χ3n) is 2.47. The number of guanidine groups is 1. The van der Waals surface area contributed by atoms with Gasteiger partial charge in [-0.3, -0.25) is 9.79 Å². The molecule has 0 aliphatic rings. The first-order chi connectivity index (χ1) is 9.13. The lowest BCUT2D eigenvalue weighted by molar-refractivity contribution is -0.123. The van der Waals surface area contributed by atoms with Crippen molar-refractivity contribution in [1.82, 2.24) is 16.0 Å². The molecular weight excluding hydrogens is 387 g/mol. The Bertz CT molecular complexity index is 407. The second kappa shape index (κ2) is 10.9. The van der Waals surface area contributed by atoms with E-state index in [4.69, 9.17) is 0 Å². The van der Waals surface area contributed by atoms with E-state index in [9.17, 15) is 4.79 Å². The highest BCUT2D eigenvalue weighted by molar-refractivity contribution is 14.0. The number of carbonyl (C=O) groups is 1.